The first-order chi connectivity index (χ1) is 12.1. The highest BCUT2D eigenvalue weighted by Gasteiger charge is 2.31. The maximum absolute atomic E-state index is 12.8. The summed E-state index contributed by atoms with van der Waals surface area (Å²) in [6, 6.07) is 5.30. The molecule has 1 aliphatic rings. The minimum absolute atomic E-state index is 0.0930. The average Bonchev–Trinajstić information content (AvgIpc) is 2.53. The van der Waals surface area contributed by atoms with Gasteiger partial charge in [-0.25, -0.2) is 0 Å². The van der Waals surface area contributed by atoms with E-state index in [-0.39, 0.29) is 28.5 Å². The van der Waals surface area contributed by atoms with Crippen LogP contribution in [0.3, 0.4) is 0 Å². The molecule has 8 heteroatoms. The second kappa shape index (κ2) is 6.44. The maximum atomic E-state index is 12.8. The molecule has 0 spiro atoms. The van der Waals surface area contributed by atoms with Crippen molar-refractivity contribution in [2.45, 2.75) is 25.9 Å². The highest BCUT2D eigenvalue weighted by molar-refractivity contribution is 6.06. The fourth-order valence-corrected chi connectivity index (χ4v) is 2.97. The molecule has 0 radical (unpaired) electrons. The number of halogens is 3. The Morgan fingerprint density at radius 2 is 1.92 bits per heavy atom. The summed E-state index contributed by atoms with van der Waals surface area (Å²) in [7, 11) is 0. The SMILES string of the molecule is C[C@H]1CC(=O)c2cc(C(=O)Nc3cccc(C(F)(F)F)c3)c(=O)[nH]c2C1. The quantitative estimate of drug-likeness (QED) is 0.857. The Kier molecular flexibility index (Phi) is 4.43. The summed E-state index contributed by atoms with van der Waals surface area (Å²) >= 11 is 0. The van der Waals surface area contributed by atoms with E-state index in [1.54, 1.807) is 0 Å². The number of aromatic nitrogens is 1. The number of pyridine rings is 1. The first-order valence-electron chi connectivity index (χ1n) is 7.93. The van der Waals surface area contributed by atoms with Crippen molar-refractivity contribution in [1.29, 1.82) is 0 Å². The van der Waals surface area contributed by atoms with E-state index >= 15 is 0 Å². The summed E-state index contributed by atoms with van der Waals surface area (Å²) in [5, 5.41) is 2.27. The van der Waals surface area contributed by atoms with Crippen LogP contribution in [0.2, 0.25) is 0 Å². The van der Waals surface area contributed by atoms with Crippen molar-refractivity contribution in [1.82, 2.24) is 4.98 Å². The van der Waals surface area contributed by atoms with E-state index < -0.39 is 23.2 Å². The van der Waals surface area contributed by atoms with Gasteiger partial charge in [-0.15, -0.1) is 0 Å². The molecule has 0 bridgehead atoms. The summed E-state index contributed by atoms with van der Waals surface area (Å²) < 4.78 is 38.3. The second-order valence-electron chi connectivity index (χ2n) is 6.37. The largest absolute Gasteiger partial charge is 0.416 e. The first kappa shape index (κ1) is 17.9. The summed E-state index contributed by atoms with van der Waals surface area (Å²) in [6.07, 6.45) is -3.72. The molecule has 5 nitrogen and oxygen atoms in total. The number of carbonyl (C=O) groups excluding carboxylic acids is 2. The van der Waals surface area contributed by atoms with Gasteiger partial charge < -0.3 is 10.3 Å². The van der Waals surface area contributed by atoms with Gasteiger partial charge in [-0.3, -0.25) is 14.4 Å². The molecule has 1 atom stereocenters. The molecular weight excluding hydrogens is 349 g/mol. The van der Waals surface area contributed by atoms with E-state index in [1.807, 2.05) is 6.92 Å². The molecule has 0 aliphatic heterocycles. The monoisotopic (exact) mass is 364 g/mol. The lowest BCUT2D eigenvalue weighted by Gasteiger charge is -2.20. The van der Waals surface area contributed by atoms with Crippen molar-refractivity contribution in [2.24, 2.45) is 5.92 Å². The van der Waals surface area contributed by atoms with Crippen molar-refractivity contribution >= 4 is 17.4 Å². The number of ketones is 1. The van der Waals surface area contributed by atoms with E-state index in [2.05, 4.69) is 10.3 Å². The normalized spacial score (nSPS) is 16.9. The number of hydrogen-bond donors (Lipinski definition) is 2. The van der Waals surface area contributed by atoms with Crippen LogP contribution in [0.25, 0.3) is 0 Å². The molecule has 2 N–H and O–H groups in total. The minimum atomic E-state index is -4.55. The van der Waals surface area contributed by atoms with E-state index in [9.17, 15) is 27.6 Å². The highest BCUT2D eigenvalue weighted by Crippen LogP contribution is 2.30. The van der Waals surface area contributed by atoms with Crippen LogP contribution in [0, 0.1) is 5.92 Å². The van der Waals surface area contributed by atoms with Gasteiger partial charge in [0.05, 0.1) is 5.56 Å². The van der Waals surface area contributed by atoms with Crippen LogP contribution in [0.5, 0.6) is 0 Å². The van der Waals surface area contributed by atoms with Crippen molar-refractivity contribution in [3.63, 3.8) is 0 Å². The first-order valence-corrected chi connectivity index (χ1v) is 7.93. The van der Waals surface area contributed by atoms with Gasteiger partial charge in [0.1, 0.15) is 5.56 Å². The van der Waals surface area contributed by atoms with Gasteiger partial charge in [0.15, 0.2) is 5.78 Å². The predicted octanol–water partition coefficient (Wildman–Crippen LogP) is 3.41. The third-order valence-corrected chi connectivity index (χ3v) is 4.20. The molecule has 1 aromatic heterocycles. The van der Waals surface area contributed by atoms with Crippen LogP contribution < -0.4 is 10.9 Å². The van der Waals surface area contributed by atoms with Crippen LogP contribution in [0.1, 0.15) is 45.3 Å². The number of fused-ring (bicyclic) bond motifs is 1. The van der Waals surface area contributed by atoms with Crippen molar-refractivity contribution in [3.8, 4) is 0 Å². The van der Waals surface area contributed by atoms with Gasteiger partial charge in [-0.2, -0.15) is 13.2 Å². The fraction of sp³-hybridized carbons (Fsp3) is 0.278. The Morgan fingerprint density at radius 3 is 2.62 bits per heavy atom. The Balaban J connectivity index is 1.91. The number of rotatable bonds is 2. The number of alkyl halides is 3. The number of anilines is 1. The van der Waals surface area contributed by atoms with E-state index in [1.165, 1.54) is 12.1 Å². The molecule has 1 amide bonds. The molecule has 1 aliphatic carbocycles. The third kappa shape index (κ3) is 3.54. The average molecular weight is 364 g/mol. The minimum Gasteiger partial charge on any atom is -0.325 e. The van der Waals surface area contributed by atoms with Gasteiger partial charge in [-0.1, -0.05) is 13.0 Å². The third-order valence-electron chi connectivity index (χ3n) is 4.20. The van der Waals surface area contributed by atoms with Crippen molar-refractivity contribution in [2.75, 3.05) is 5.32 Å². The molecular formula is C18H15F3N2O3. The van der Waals surface area contributed by atoms with Crippen molar-refractivity contribution < 1.29 is 22.8 Å². The molecule has 0 saturated carbocycles. The van der Waals surface area contributed by atoms with Crippen LogP contribution in [-0.2, 0) is 12.6 Å². The molecule has 0 fully saturated rings. The number of amides is 1. The lowest BCUT2D eigenvalue weighted by molar-refractivity contribution is -0.137. The van der Waals surface area contributed by atoms with Crippen LogP contribution in [0.15, 0.2) is 35.1 Å². The molecule has 26 heavy (non-hydrogen) atoms. The van der Waals surface area contributed by atoms with Gasteiger partial charge >= 0.3 is 6.18 Å². The number of carbonyl (C=O) groups is 2. The van der Waals surface area contributed by atoms with Gasteiger partial charge in [0, 0.05) is 23.4 Å². The zero-order chi connectivity index (χ0) is 19.1. The number of hydrogen-bond acceptors (Lipinski definition) is 3. The van der Waals surface area contributed by atoms with E-state index in [4.69, 9.17) is 0 Å². The summed E-state index contributed by atoms with van der Waals surface area (Å²) in [4.78, 5) is 39.1. The second-order valence-corrected chi connectivity index (χ2v) is 6.37. The summed E-state index contributed by atoms with van der Waals surface area (Å²) in [6.45, 7) is 1.88. The Labute approximate surface area is 146 Å². The van der Waals surface area contributed by atoms with E-state index in [0.29, 0.717) is 18.5 Å². The standard InChI is InChI=1S/C18H15F3N2O3/c1-9-5-14-12(15(24)6-9)8-13(17(26)23-14)16(25)22-11-4-2-3-10(7-11)18(19,20)21/h2-4,7-9H,5-6H2,1H3,(H,22,25)(H,23,26)/t9-/m1/s1. The zero-order valence-electron chi connectivity index (χ0n) is 13.7. The van der Waals surface area contributed by atoms with Crippen molar-refractivity contribution in [3.05, 3.63) is 63.1 Å². The number of Topliss-reactive ketones (excluding diaryl/α,β-unsaturated/α-hetero) is 1. The van der Waals surface area contributed by atoms with Gasteiger partial charge in [0.25, 0.3) is 11.5 Å². The molecule has 0 unspecified atom stereocenters. The lowest BCUT2D eigenvalue weighted by Crippen LogP contribution is -2.29. The van der Waals surface area contributed by atoms with Crippen LogP contribution >= 0.6 is 0 Å². The zero-order valence-corrected chi connectivity index (χ0v) is 13.7. The number of benzene rings is 1. The Hall–Kier alpha value is -2.90. The number of aromatic amines is 1. The molecule has 0 saturated heterocycles. The topological polar surface area (TPSA) is 79.0 Å². The molecule has 136 valence electrons. The summed E-state index contributed by atoms with van der Waals surface area (Å²) in [5.41, 5.74) is -1.26. The Morgan fingerprint density at radius 1 is 1.19 bits per heavy atom. The predicted molar refractivity (Wildman–Crippen MR) is 88.3 cm³/mol. The van der Waals surface area contributed by atoms with Crippen LogP contribution in [0.4, 0.5) is 18.9 Å². The maximum Gasteiger partial charge on any atom is 0.416 e. The molecule has 2 aromatic rings. The lowest BCUT2D eigenvalue weighted by atomic mass is 9.86. The van der Waals surface area contributed by atoms with E-state index in [0.717, 1.165) is 18.2 Å². The fourth-order valence-electron chi connectivity index (χ4n) is 2.97. The number of nitrogens with one attached hydrogen (secondary N) is 2. The molecule has 1 heterocycles. The van der Waals surface area contributed by atoms with Crippen LogP contribution in [-0.4, -0.2) is 16.7 Å². The number of H-pyrrole nitrogens is 1. The Bertz CT molecular complexity index is 947. The molecule has 3 rings (SSSR count). The summed E-state index contributed by atoms with van der Waals surface area (Å²) in [5.74, 6) is -0.960. The smallest absolute Gasteiger partial charge is 0.325 e. The van der Waals surface area contributed by atoms with Gasteiger partial charge in [0.2, 0.25) is 0 Å². The van der Waals surface area contributed by atoms with Gasteiger partial charge in [-0.05, 0) is 36.6 Å². The molecule has 1 aromatic carbocycles. The highest BCUT2D eigenvalue weighted by atomic mass is 19.4.